The number of aliphatic hydroxyl groups is 2. The lowest BCUT2D eigenvalue weighted by molar-refractivity contribution is -0.127. The normalized spacial score (nSPS) is 28.1. The highest BCUT2D eigenvalue weighted by Crippen LogP contribution is 2.15. The van der Waals surface area contributed by atoms with Gasteiger partial charge in [0.15, 0.2) is 0 Å². The first-order chi connectivity index (χ1) is 7.76. The number of carbonyl (C=O) groups is 1. The summed E-state index contributed by atoms with van der Waals surface area (Å²) in [6.45, 7) is 8.47. The molecule has 1 fully saturated rings. The highest BCUT2D eigenvalue weighted by atomic mass is 16.3. The maximum absolute atomic E-state index is 12.0. The van der Waals surface area contributed by atoms with Crippen LogP contribution in [0.3, 0.4) is 0 Å². The molecule has 0 bridgehead atoms. The van der Waals surface area contributed by atoms with Gasteiger partial charge >= 0.3 is 0 Å². The summed E-state index contributed by atoms with van der Waals surface area (Å²) in [4.78, 5) is 13.8. The van der Waals surface area contributed by atoms with Gasteiger partial charge in [0.05, 0.1) is 18.2 Å². The Labute approximate surface area is 103 Å². The minimum Gasteiger partial charge on any atom is -0.389 e. The van der Waals surface area contributed by atoms with Crippen molar-refractivity contribution in [2.45, 2.75) is 57.9 Å². The Kier molecular flexibility index (Phi) is 4.52. The fourth-order valence-corrected chi connectivity index (χ4v) is 1.81. The number of rotatable bonds is 4. The molecular weight excluding hydrogens is 220 g/mol. The van der Waals surface area contributed by atoms with Crippen molar-refractivity contribution in [2.24, 2.45) is 0 Å². The quantitative estimate of drug-likeness (QED) is 0.636. The molecule has 3 N–H and O–H groups in total. The van der Waals surface area contributed by atoms with Crippen molar-refractivity contribution < 1.29 is 15.0 Å². The first-order valence-electron chi connectivity index (χ1n) is 6.19. The largest absolute Gasteiger partial charge is 0.389 e. The van der Waals surface area contributed by atoms with Crippen molar-refractivity contribution in [1.82, 2.24) is 10.2 Å². The number of hydrogen-bond acceptors (Lipinski definition) is 4. The van der Waals surface area contributed by atoms with E-state index in [1.54, 1.807) is 11.8 Å². The highest BCUT2D eigenvalue weighted by Gasteiger charge is 2.35. The van der Waals surface area contributed by atoms with Gasteiger partial charge < -0.3 is 15.5 Å². The average Bonchev–Trinajstić information content (AvgIpc) is 2.57. The van der Waals surface area contributed by atoms with E-state index >= 15 is 0 Å². The maximum atomic E-state index is 12.0. The molecule has 17 heavy (non-hydrogen) atoms. The van der Waals surface area contributed by atoms with Crippen molar-refractivity contribution in [3.05, 3.63) is 0 Å². The van der Waals surface area contributed by atoms with E-state index in [0.717, 1.165) is 6.42 Å². The monoisotopic (exact) mass is 244 g/mol. The summed E-state index contributed by atoms with van der Waals surface area (Å²) in [6.07, 6.45) is -0.634. The standard InChI is InChI=1S/C12H24N2O3/c1-5-12(3,4)13-11(17)8(2)14-6-9(15)10(16)7-14/h8-10,15-16H,5-7H2,1-4H3,(H,13,17)/t8?,9-,10+. The van der Waals surface area contributed by atoms with Crippen LogP contribution in [0.4, 0.5) is 0 Å². The van der Waals surface area contributed by atoms with Gasteiger partial charge in [-0.2, -0.15) is 0 Å². The second kappa shape index (κ2) is 5.33. The summed E-state index contributed by atoms with van der Waals surface area (Å²) >= 11 is 0. The molecule has 1 aliphatic heterocycles. The van der Waals surface area contributed by atoms with E-state index in [0.29, 0.717) is 13.1 Å². The SMILES string of the molecule is CCC(C)(C)NC(=O)C(C)N1C[C@@H](O)[C@@H](O)C1. The molecule has 1 heterocycles. The third kappa shape index (κ3) is 3.66. The van der Waals surface area contributed by atoms with E-state index in [1.807, 2.05) is 20.8 Å². The zero-order chi connectivity index (χ0) is 13.2. The molecule has 1 saturated heterocycles. The number of nitrogens with zero attached hydrogens (tertiary/aromatic N) is 1. The van der Waals surface area contributed by atoms with Gasteiger partial charge in [0.2, 0.25) is 5.91 Å². The number of carbonyl (C=O) groups excluding carboxylic acids is 1. The van der Waals surface area contributed by atoms with E-state index in [4.69, 9.17) is 0 Å². The fraction of sp³-hybridized carbons (Fsp3) is 0.917. The molecule has 5 heteroatoms. The molecule has 1 aliphatic rings. The Morgan fingerprint density at radius 2 is 1.88 bits per heavy atom. The van der Waals surface area contributed by atoms with Crippen LogP contribution in [0.5, 0.6) is 0 Å². The summed E-state index contributed by atoms with van der Waals surface area (Å²) in [5.74, 6) is -0.0573. The van der Waals surface area contributed by atoms with E-state index < -0.39 is 12.2 Å². The van der Waals surface area contributed by atoms with Crippen LogP contribution < -0.4 is 5.32 Å². The highest BCUT2D eigenvalue weighted by molar-refractivity contribution is 5.82. The lowest BCUT2D eigenvalue weighted by atomic mass is 10.0. The predicted molar refractivity (Wildman–Crippen MR) is 65.6 cm³/mol. The smallest absolute Gasteiger partial charge is 0.237 e. The van der Waals surface area contributed by atoms with Crippen LogP contribution in [-0.4, -0.2) is 57.9 Å². The topological polar surface area (TPSA) is 72.8 Å². The van der Waals surface area contributed by atoms with Crippen LogP contribution in [0.2, 0.25) is 0 Å². The van der Waals surface area contributed by atoms with E-state index in [1.165, 1.54) is 0 Å². The summed E-state index contributed by atoms with van der Waals surface area (Å²) in [7, 11) is 0. The van der Waals surface area contributed by atoms with Crippen LogP contribution in [-0.2, 0) is 4.79 Å². The van der Waals surface area contributed by atoms with Gasteiger partial charge in [-0.3, -0.25) is 9.69 Å². The van der Waals surface area contributed by atoms with Gasteiger partial charge in [-0.25, -0.2) is 0 Å². The molecule has 0 radical (unpaired) electrons. The molecule has 0 aromatic rings. The predicted octanol–water partition coefficient (Wildman–Crippen LogP) is -0.283. The van der Waals surface area contributed by atoms with Crippen molar-refractivity contribution in [1.29, 1.82) is 0 Å². The summed E-state index contributed by atoms with van der Waals surface area (Å²) < 4.78 is 0. The molecular formula is C12H24N2O3. The van der Waals surface area contributed by atoms with E-state index in [9.17, 15) is 15.0 Å². The molecule has 0 aliphatic carbocycles. The number of β-amino-alcohol motifs (C(OH)–C–C–N with tert-alkyl or cyclic N) is 2. The number of likely N-dealkylation sites (tertiary alicyclic amines) is 1. The van der Waals surface area contributed by atoms with Gasteiger partial charge in [0.1, 0.15) is 0 Å². The summed E-state index contributed by atoms with van der Waals surface area (Å²) in [5, 5.41) is 21.9. The molecule has 0 aromatic heterocycles. The average molecular weight is 244 g/mol. The van der Waals surface area contributed by atoms with Gasteiger partial charge in [0, 0.05) is 18.6 Å². The minimum atomic E-state index is -0.746. The van der Waals surface area contributed by atoms with Crippen LogP contribution >= 0.6 is 0 Å². The second-order valence-electron chi connectivity index (χ2n) is 5.49. The van der Waals surface area contributed by atoms with Gasteiger partial charge in [-0.05, 0) is 27.2 Å². The van der Waals surface area contributed by atoms with E-state index in [-0.39, 0.29) is 17.5 Å². The second-order valence-corrected chi connectivity index (χ2v) is 5.49. The third-order valence-corrected chi connectivity index (χ3v) is 3.56. The lowest BCUT2D eigenvalue weighted by Gasteiger charge is -2.29. The lowest BCUT2D eigenvalue weighted by Crippen LogP contribution is -2.51. The Hall–Kier alpha value is -0.650. The van der Waals surface area contributed by atoms with Crippen molar-refractivity contribution >= 4 is 5.91 Å². The Bertz CT molecular complexity index is 271. The third-order valence-electron chi connectivity index (χ3n) is 3.56. The van der Waals surface area contributed by atoms with Gasteiger partial charge in [0.25, 0.3) is 0 Å². The van der Waals surface area contributed by atoms with Crippen LogP contribution in [0.15, 0.2) is 0 Å². The number of nitrogens with one attached hydrogen (secondary N) is 1. The molecule has 1 rings (SSSR count). The first kappa shape index (κ1) is 14.4. The number of aliphatic hydroxyl groups excluding tert-OH is 2. The zero-order valence-corrected chi connectivity index (χ0v) is 11.1. The van der Waals surface area contributed by atoms with Crippen LogP contribution in [0, 0.1) is 0 Å². The van der Waals surface area contributed by atoms with Crippen molar-refractivity contribution in [3.8, 4) is 0 Å². The first-order valence-corrected chi connectivity index (χ1v) is 6.19. The summed E-state index contributed by atoms with van der Waals surface area (Å²) in [5.41, 5.74) is -0.220. The number of hydrogen-bond donors (Lipinski definition) is 3. The fourth-order valence-electron chi connectivity index (χ4n) is 1.81. The van der Waals surface area contributed by atoms with Gasteiger partial charge in [-0.15, -0.1) is 0 Å². The van der Waals surface area contributed by atoms with Crippen LogP contribution in [0.1, 0.15) is 34.1 Å². The van der Waals surface area contributed by atoms with Gasteiger partial charge in [-0.1, -0.05) is 6.92 Å². The zero-order valence-electron chi connectivity index (χ0n) is 11.1. The molecule has 0 saturated carbocycles. The molecule has 0 spiro atoms. The van der Waals surface area contributed by atoms with Crippen LogP contribution in [0.25, 0.3) is 0 Å². The molecule has 3 atom stereocenters. The maximum Gasteiger partial charge on any atom is 0.237 e. The molecule has 5 nitrogen and oxygen atoms in total. The van der Waals surface area contributed by atoms with Crippen molar-refractivity contribution in [3.63, 3.8) is 0 Å². The Balaban J connectivity index is 2.53. The molecule has 100 valence electrons. The number of amides is 1. The Morgan fingerprint density at radius 1 is 1.41 bits per heavy atom. The van der Waals surface area contributed by atoms with E-state index in [2.05, 4.69) is 5.32 Å². The Morgan fingerprint density at radius 3 is 2.29 bits per heavy atom. The molecule has 1 unspecified atom stereocenters. The minimum absolute atomic E-state index is 0.0573. The summed E-state index contributed by atoms with van der Waals surface area (Å²) in [6, 6.07) is -0.326. The van der Waals surface area contributed by atoms with Crippen molar-refractivity contribution in [2.75, 3.05) is 13.1 Å². The molecule has 1 amide bonds. The molecule has 0 aromatic carbocycles.